The molecule has 9 heteroatoms. The van der Waals surface area contributed by atoms with Crippen LogP contribution in [0.5, 0.6) is 0 Å². The summed E-state index contributed by atoms with van der Waals surface area (Å²) in [6.45, 7) is 0.991. The lowest BCUT2D eigenvalue weighted by Gasteiger charge is -2.54. The number of aromatic nitrogens is 2. The van der Waals surface area contributed by atoms with Gasteiger partial charge in [0.25, 0.3) is 11.8 Å². The summed E-state index contributed by atoms with van der Waals surface area (Å²) in [5.41, 5.74) is 3.41. The van der Waals surface area contributed by atoms with Gasteiger partial charge in [-0.3, -0.25) is 14.6 Å². The number of benzene rings is 3. The Bertz CT molecular complexity index is 1410. The van der Waals surface area contributed by atoms with Crippen LogP contribution in [-0.2, 0) is 0 Å². The molecule has 1 aromatic heterocycles. The maximum absolute atomic E-state index is 13.8. The lowest BCUT2D eigenvalue weighted by atomic mass is 9.91. The molecular weight excluding hydrogens is 444 g/mol. The van der Waals surface area contributed by atoms with Gasteiger partial charge in [0.2, 0.25) is 0 Å². The summed E-state index contributed by atoms with van der Waals surface area (Å²) < 4.78 is 4.75. The van der Waals surface area contributed by atoms with Crippen LogP contribution in [0.4, 0.5) is 11.4 Å². The summed E-state index contributed by atoms with van der Waals surface area (Å²) in [6.07, 6.45) is 1.15. The van der Waals surface area contributed by atoms with Crippen LogP contribution in [0, 0.1) is 0 Å². The van der Waals surface area contributed by atoms with E-state index in [1.165, 1.54) is 0 Å². The van der Waals surface area contributed by atoms with Crippen LogP contribution in [-0.4, -0.2) is 57.8 Å². The highest BCUT2D eigenvalue weighted by atomic mass is 16.6. The van der Waals surface area contributed by atoms with E-state index in [0.29, 0.717) is 48.1 Å². The quantitative estimate of drug-likeness (QED) is 0.489. The van der Waals surface area contributed by atoms with Crippen molar-refractivity contribution in [3.63, 3.8) is 0 Å². The van der Waals surface area contributed by atoms with Gasteiger partial charge in [0.1, 0.15) is 16.7 Å². The molecule has 1 spiro atoms. The number of para-hydroxylation sites is 2. The molecule has 3 aromatic carbocycles. The molecule has 176 valence electrons. The lowest BCUT2D eigenvalue weighted by Crippen LogP contribution is -2.68. The maximum atomic E-state index is 13.8. The Labute approximate surface area is 201 Å². The molecule has 0 unspecified atom stereocenters. The normalized spacial score (nSPS) is 16.8. The fraction of sp³-hybridized carbons (Fsp3) is 0.231. The Morgan fingerprint density at radius 1 is 0.971 bits per heavy atom. The first-order valence-corrected chi connectivity index (χ1v) is 11.6. The number of hydrogen-bond acceptors (Lipinski definition) is 7. The van der Waals surface area contributed by atoms with E-state index in [1.807, 2.05) is 76.6 Å². The fourth-order valence-electron chi connectivity index (χ4n) is 5.09. The monoisotopic (exact) mass is 468 g/mol. The molecule has 0 bridgehead atoms. The average molecular weight is 469 g/mol. The number of rotatable bonds is 3. The Morgan fingerprint density at radius 3 is 2.49 bits per heavy atom. The van der Waals surface area contributed by atoms with Gasteiger partial charge in [-0.15, -0.1) is 0 Å². The first-order chi connectivity index (χ1) is 17.1. The highest BCUT2D eigenvalue weighted by Crippen LogP contribution is 2.39. The molecule has 9 nitrogen and oxygen atoms in total. The molecular formula is C26H24N6O3. The van der Waals surface area contributed by atoms with Crippen LogP contribution < -0.4 is 10.3 Å². The van der Waals surface area contributed by atoms with Crippen molar-refractivity contribution in [3.8, 4) is 0 Å². The van der Waals surface area contributed by atoms with Gasteiger partial charge in [0.05, 0.1) is 11.3 Å². The molecule has 6 rings (SSSR count). The van der Waals surface area contributed by atoms with Crippen molar-refractivity contribution < 1.29 is 14.2 Å². The van der Waals surface area contributed by atoms with E-state index in [1.54, 1.807) is 18.2 Å². The van der Waals surface area contributed by atoms with Crippen LogP contribution in [0.15, 0.2) is 77.4 Å². The van der Waals surface area contributed by atoms with Crippen molar-refractivity contribution in [1.29, 1.82) is 0 Å². The Hall–Kier alpha value is -4.40. The number of carbonyl (C=O) groups excluding carboxylic acids is 2. The largest absolute Gasteiger partial charge is 0.360 e. The molecule has 1 fully saturated rings. The van der Waals surface area contributed by atoms with E-state index in [4.69, 9.17) is 4.63 Å². The number of nitrogens with one attached hydrogen (secondary N) is 1. The highest BCUT2D eigenvalue weighted by molar-refractivity contribution is 6.03. The van der Waals surface area contributed by atoms with Crippen LogP contribution in [0.2, 0.25) is 0 Å². The van der Waals surface area contributed by atoms with Crippen molar-refractivity contribution in [2.75, 3.05) is 30.5 Å². The lowest BCUT2D eigenvalue weighted by molar-refractivity contribution is 0.0235. The molecule has 0 radical (unpaired) electrons. The van der Waals surface area contributed by atoms with Gasteiger partial charge in [-0.2, -0.15) is 0 Å². The van der Waals surface area contributed by atoms with E-state index < -0.39 is 5.66 Å². The first kappa shape index (κ1) is 21.2. The second-order valence-corrected chi connectivity index (χ2v) is 8.94. The van der Waals surface area contributed by atoms with Gasteiger partial charge in [0, 0.05) is 44.2 Å². The van der Waals surface area contributed by atoms with Crippen molar-refractivity contribution in [2.24, 2.45) is 0 Å². The minimum absolute atomic E-state index is 0.0607. The molecule has 2 amide bonds. The second kappa shape index (κ2) is 8.12. The number of anilines is 2. The molecule has 0 atom stereocenters. The molecule has 1 N–H and O–H groups in total. The number of amides is 2. The predicted molar refractivity (Wildman–Crippen MR) is 131 cm³/mol. The summed E-state index contributed by atoms with van der Waals surface area (Å²) in [5, 5.41) is 15.0. The highest BCUT2D eigenvalue weighted by Gasteiger charge is 2.49. The molecule has 2 aliphatic heterocycles. The smallest absolute Gasteiger partial charge is 0.276 e. The Balaban J connectivity index is 1.30. The molecule has 35 heavy (non-hydrogen) atoms. The summed E-state index contributed by atoms with van der Waals surface area (Å²) in [4.78, 5) is 28.9. The van der Waals surface area contributed by atoms with Gasteiger partial charge in [-0.1, -0.05) is 30.3 Å². The third kappa shape index (κ3) is 3.47. The van der Waals surface area contributed by atoms with Crippen molar-refractivity contribution in [2.45, 2.75) is 18.5 Å². The van der Waals surface area contributed by atoms with Crippen molar-refractivity contribution >= 4 is 34.2 Å². The van der Waals surface area contributed by atoms with Gasteiger partial charge in [0.15, 0.2) is 0 Å². The predicted octanol–water partition coefficient (Wildman–Crippen LogP) is 3.77. The molecule has 0 aliphatic carbocycles. The van der Waals surface area contributed by atoms with E-state index in [0.717, 1.165) is 11.4 Å². The minimum atomic E-state index is -0.660. The van der Waals surface area contributed by atoms with Crippen LogP contribution in [0.3, 0.4) is 0 Å². The van der Waals surface area contributed by atoms with E-state index in [-0.39, 0.29) is 11.8 Å². The van der Waals surface area contributed by atoms with Crippen molar-refractivity contribution in [1.82, 2.24) is 20.2 Å². The second-order valence-electron chi connectivity index (χ2n) is 8.94. The summed E-state index contributed by atoms with van der Waals surface area (Å²) >= 11 is 0. The zero-order valence-corrected chi connectivity index (χ0v) is 19.2. The Morgan fingerprint density at radius 2 is 1.69 bits per heavy atom. The molecule has 0 saturated carbocycles. The average Bonchev–Trinajstić information content (AvgIpc) is 3.37. The molecule has 1 saturated heterocycles. The van der Waals surface area contributed by atoms with Gasteiger partial charge in [-0.25, -0.2) is 9.64 Å². The van der Waals surface area contributed by atoms with Gasteiger partial charge < -0.3 is 10.2 Å². The third-order valence-electron chi connectivity index (χ3n) is 6.93. The number of nitrogens with zero attached hydrogens (tertiary/aromatic N) is 5. The van der Waals surface area contributed by atoms with E-state index in [9.17, 15) is 9.59 Å². The number of hydrazine groups is 1. The Kier molecular flexibility index (Phi) is 4.91. The van der Waals surface area contributed by atoms with Gasteiger partial charge >= 0.3 is 0 Å². The zero-order chi connectivity index (χ0) is 24.0. The third-order valence-corrected chi connectivity index (χ3v) is 6.93. The molecule has 3 heterocycles. The standard InChI is InChI=1S/C26H24N6O3/c1-30(19-7-3-2-4-8-19)32-25(34)20-9-5-6-10-21(20)27-26(32)13-15-31(16-14-26)24(33)18-11-12-22-23(17-18)29-35-28-22/h2-12,17,27H,13-16H2,1H3. The molecule has 2 aliphatic rings. The fourth-order valence-corrected chi connectivity index (χ4v) is 5.09. The van der Waals surface area contributed by atoms with Gasteiger partial charge in [-0.05, 0) is 52.8 Å². The van der Waals surface area contributed by atoms with Crippen LogP contribution in [0.25, 0.3) is 11.0 Å². The number of fused-ring (bicyclic) bond motifs is 2. The zero-order valence-electron chi connectivity index (χ0n) is 19.2. The maximum Gasteiger partial charge on any atom is 0.276 e. The summed E-state index contributed by atoms with van der Waals surface area (Å²) in [5.74, 6) is -0.135. The first-order valence-electron chi connectivity index (χ1n) is 11.6. The number of likely N-dealkylation sites (tertiary alicyclic amines) is 1. The molecule has 4 aromatic rings. The van der Waals surface area contributed by atoms with Crippen LogP contribution in [0.1, 0.15) is 33.6 Å². The summed E-state index contributed by atoms with van der Waals surface area (Å²) in [6, 6.07) is 22.6. The summed E-state index contributed by atoms with van der Waals surface area (Å²) in [7, 11) is 1.91. The SMILES string of the molecule is CN(c1ccccc1)N1C(=O)c2ccccc2NC12CCN(C(=O)c1ccc3nonc3c1)CC2. The number of hydrogen-bond donors (Lipinski definition) is 1. The van der Waals surface area contributed by atoms with E-state index >= 15 is 0 Å². The van der Waals surface area contributed by atoms with E-state index in [2.05, 4.69) is 15.6 Å². The topological polar surface area (TPSA) is 94.8 Å². The number of piperidine rings is 1. The minimum Gasteiger partial charge on any atom is -0.360 e. The van der Waals surface area contributed by atoms with Crippen molar-refractivity contribution in [3.05, 3.63) is 83.9 Å². The number of carbonyl (C=O) groups is 2. The van der Waals surface area contributed by atoms with Crippen LogP contribution >= 0.6 is 0 Å².